The molecule has 0 fully saturated rings. The standard InChI is InChI=1S/C2H7N3O4S/c1-5(3)2(6)4-10(7,8)9/h3H2,1H3,(H,4,6)(H,7,8,9). The predicted molar refractivity (Wildman–Crippen MR) is 32.0 cm³/mol. The Morgan fingerprint density at radius 1 is 1.70 bits per heavy atom. The Hall–Kier alpha value is -0.860. The number of rotatable bonds is 1. The molecule has 0 aromatic heterocycles. The third-order valence-corrected chi connectivity index (χ3v) is 0.969. The Morgan fingerprint density at radius 2 is 2.10 bits per heavy atom. The molecule has 0 aliphatic heterocycles. The molecular weight excluding hydrogens is 162 g/mol. The topological polar surface area (TPSA) is 113 Å². The van der Waals surface area contributed by atoms with Crippen LogP contribution in [0.2, 0.25) is 0 Å². The number of hydrogen-bond donors (Lipinski definition) is 3. The molecule has 0 atom stereocenters. The Balaban J connectivity index is 4.07. The van der Waals surface area contributed by atoms with Gasteiger partial charge in [0.1, 0.15) is 0 Å². The molecule has 8 heteroatoms. The van der Waals surface area contributed by atoms with Gasteiger partial charge in [-0.3, -0.25) is 9.56 Å². The monoisotopic (exact) mass is 169 g/mol. The molecule has 0 saturated carbocycles. The summed E-state index contributed by atoms with van der Waals surface area (Å²) in [6.07, 6.45) is 0. The first kappa shape index (κ1) is 9.14. The first-order valence-corrected chi connectivity index (χ1v) is 3.54. The first-order valence-electron chi connectivity index (χ1n) is 2.10. The van der Waals surface area contributed by atoms with Gasteiger partial charge in [0.2, 0.25) is 0 Å². The van der Waals surface area contributed by atoms with Crippen molar-refractivity contribution in [2.24, 2.45) is 5.84 Å². The van der Waals surface area contributed by atoms with E-state index in [1.807, 2.05) is 0 Å². The van der Waals surface area contributed by atoms with Crippen LogP contribution in [-0.2, 0) is 10.3 Å². The van der Waals surface area contributed by atoms with E-state index in [9.17, 15) is 13.2 Å². The Kier molecular flexibility index (Phi) is 2.57. The average molecular weight is 169 g/mol. The summed E-state index contributed by atoms with van der Waals surface area (Å²) in [5.74, 6) is 4.79. The van der Waals surface area contributed by atoms with Crippen LogP contribution in [0.3, 0.4) is 0 Å². The van der Waals surface area contributed by atoms with Crippen LogP contribution < -0.4 is 10.6 Å². The van der Waals surface area contributed by atoms with E-state index in [0.717, 1.165) is 7.05 Å². The Labute approximate surface area is 57.6 Å². The smallest absolute Gasteiger partial charge is 0.269 e. The van der Waals surface area contributed by atoms with Gasteiger partial charge in [-0.2, -0.15) is 8.42 Å². The second kappa shape index (κ2) is 2.82. The second-order valence-electron chi connectivity index (χ2n) is 1.49. The number of nitrogens with two attached hydrogens (primary N) is 1. The number of urea groups is 1. The van der Waals surface area contributed by atoms with Gasteiger partial charge in [0.25, 0.3) is 0 Å². The summed E-state index contributed by atoms with van der Waals surface area (Å²) in [5.41, 5.74) is 0. The van der Waals surface area contributed by atoms with Gasteiger partial charge in [-0.15, -0.1) is 0 Å². The molecule has 0 aliphatic carbocycles. The second-order valence-corrected chi connectivity index (χ2v) is 2.65. The molecule has 0 aromatic carbocycles. The third kappa shape index (κ3) is 4.06. The van der Waals surface area contributed by atoms with Gasteiger partial charge in [-0.05, 0) is 0 Å². The molecule has 4 N–H and O–H groups in total. The van der Waals surface area contributed by atoms with Crippen LogP contribution in [0.4, 0.5) is 4.79 Å². The molecule has 0 saturated heterocycles. The van der Waals surface area contributed by atoms with E-state index >= 15 is 0 Å². The molecule has 0 aromatic rings. The molecular formula is C2H7N3O4S. The van der Waals surface area contributed by atoms with Crippen molar-refractivity contribution in [3.63, 3.8) is 0 Å². The van der Waals surface area contributed by atoms with Gasteiger partial charge in [0.05, 0.1) is 0 Å². The van der Waals surface area contributed by atoms with Gasteiger partial charge in [-0.25, -0.2) is 15.4 Å². The van der Waals surface area contributed by atoms with E-state index in [4.69, 9.17) is 10.4 Å². The lowest BCUT2D eigenvalue weighted by atomic mass is 11.0. The number of amides is 2. The van der Waals surface area contributed by atoms with E-state index in [1.54, 1.807) is 0 Å². The summed E-state index contributed by atoms with van der Waals surface area (Å²) in [5, 5.41) is 0.480. The highest BCUT2D eigenvalue weighted by Crippen LogP contribution is 1.77. The zero-order chi connectivity index (χ0) is 8.36. The SMILES string of the molecule is CN(N)C(=O)NS(=O)(=O)O. The molecule has 2 amide bonds. The number of hydrazine groups is 1. The van der Waals surface area contributed by atoms with E-state index in [0.29, 0.717) is 5.01 Å². The van der Waals surface area contributed by atoms with Crippen LogP contribution in [0.25, 0.3) is 0 Å². The number of nitrogens with one attached hydrogen (secondary N) is 1. The zero-order valence-corrected chi connectivity index (χ0v) is 5.92. The van der Waals surface area contributed by atoms with Crippen LogP contribution in [0, 0.1) is 0 Å². The van der Waals surface area contributed by atoms with Crippen LogP contribution in [0.5, 0.6) is 0 Å². The van der Waals surface area contributed by atoms with Gasteiger partial charge < -0.3 is 0 Å². The maximum atomic E-state index is 10.3. The fourth-order valence-electron chi connectivity index (χ4n) is 0.182. The van der Waals surface area contributed by atoms with E-state index < -0.39 is 16.3 Å². The van der Waals surface area contributed by atoms with Crippen LogP contribution in [0.1, 0.15) is 0 Å². The largest absolute Gasteiger partial charge is 0.361 e. The molecule has 0 aliphatic rings. The summed E-state index contributed by atoms with van der Waals surface area (Å²) in [7, 11) is -3.36. The number of nitrogens with zero attached hydrogens (tertiary/aromatic N) is 1. The van der Waals surface area contributed by atoms with Crippen molar-refractivity contribution < 1.29 is 17.8 Å². The summed E-state index contributed by atoms with van der Waals surface area (Å²) in [6.45, 7) is 0. The minimum Gasteiger partial charge on any atom is -0.269 e. The molecule has 0 rings (SSSR count). The molecule has 0 radical (unpaired) electrons. The van der Waals surface area contributed by atoms with Crippen molar-refractivity contribution in [3.8, 4) is 0 Å². The highest BCUT2D eigenvalue weighted by molar-refractivity contribution is 7.84. The van der Waals surface area contributed by atoms with Crippen LogP contribution >= 0.6 is 0 Å². The lowest BCUT2D eigenvalue weighted by Crippen LogP contribution is -2.43. The summed E-state index contributed by atoms with van der Waals surface area (Å²) >= 11 is 0. The molecule has 60 valence electrons. The number of carbonyl (C=O) groups excluding carboxylic acids is 1. The minimum absolute atomic E-state index is 0.480. The Morgan fingerprint density at radius 3 is 2.20 bits per heavy atom. The third-order valence-electron chi connectivity index (χ3n) is 0.537. The quantitative estimate of drug-likeness (QED) is 0.187. The van der Waals surface area contributed by atoms with E-state index in [1.165, 1.54) is 4.72 Å². The van der Waals surface area contributed by atoms with Crippen LogP contribution in [-0.4, -0.2) is 31.1 Å². The van der Waals surface area contributed by atoms with Gasteiger partial charge in [0, 0.05) is 7.05 Å². The Bertz CT molecular complexity index is 219. The fourth-order valence-corrected chi connectivity index (χ4v) is 0.547. The fraction of sp³-hybridized carbons (Fsp3) is 0.500. The van der Waals surface area contributed by atoms with Crippen molar-refractivity contribution in [3.05, 3.63) is 0 Å². The number of hydrogen-bond acceptors (Lipinski definition) is 4. The van der Waals surface area contributed by atoms with Gasteiger partial charge in [-0.1, -0.05) is 0 Å². The molecule has 0 spiro atoms. The highest BCUT2D eigenvalue weighted by atomic mass is 32.2. The van der Waals surface area contributed by atoms with Crippen molar-refractivity contribution in [1.29, 1.82) is 0 Å². The molecule has 0 unspecified atom stereocenters. The lowest BCUT2D eigenvalue weighted by molar-refractivity contribution is 0.215. The van der Waals surface area contributed by atoms with Gasteiger partial charge >= 0.3 is 16.3 Å². The molecule has 0 heterocycles. The average Bonchev–Trinajstić information content (AvgIpc) is 1.60. The van der Waals surface area contributed by atoms with Gasteiger partial charge in [0.15, 0.2) is 0 Å². The van der Waals surface area contributed by atoms with Crippen molar-refractivity contribution >= 4 is 16.3 Å². The summed E-state index contributed by atoms with van der Waals surface area (Å²) in [4.78, 5) is 10.3. The molecule has 0 bridgehead atoms. The van der Waals surface area contributed by atoms with E-state index in [2.05, 4.69) is 0 Å². The summed E-state index contributed by atoms with van der Waals surface area (Å²) in [6, 6.07) is -1.11. The number of carbonyl (C=O) groups is 1. The minimum atomic E-state index is -4.49. The van der Waals surface area contributed by atoms with E-state index in [-0.39, 0.29) is 0 Å². The van der Waals surface area contributed by atoms with Crippen molar-refractivity contribution in [2.75, 3.05) is 7.05 Å². The highest BCUT2D eigenvalue weighted by Gasteiger charge is 2.10. The molecule has 7 nitrogen and oxygen atoms in total. The van der Waals surface area contributed by atoms with Crippen molar-refractivity contribution in [1.82, 2.24) is 9.73 Å². The predicted octanol–water partition coefficient (Wildman–Crippen LogP) is -1.70. The summed E-state index contributed by atoms with van der Waals surface area (Å²) < 4.78 is 29.0. The molecule has 10 heavy (non-hydrogen) atoms. The maximum Gasteiger partial charge on any atom is 0.361 e. The maximum absolute atomic E-state index is 10.3. The van der Waals surface area contributed by atoms with Crippen molar-refractivity contribution in [2.45, 2.75) is 0 Å². The zero-order valence-electron chi connectivity index (χ0n) is 5.10. The first-order chi connectivity index (χ1) is 4.33. The normalized spacial score (nSPS) is 10.7. The van der Waals surface area contributed by atoms with Crippen LogP contribution in [0.15, 0.2) is 0 Å². The lowest BCUT2D eigenvalue weighted by Gasteiger charge is -2.08.